The van der Waals surface area contributed by atoms with E-state index >= 15 is 0 Å². The van der Waals surface area contributed by atoms with Crippen LogP contribution in [0.15, 0.2) is 37.1 Å². The molecule has 8 heteroatoms. The van der Waals surface area contributed by atoms with Crippen LogP contribution >= 0.6 is 0 Å². The van der Waals surface area contributed by atoms with Crippen LogP contribution in [0.1, 0.15) is 6.42 Å². The molecular weight excluding hydrogens is 320 g/mol. The molecular formula is C17H22N6O2. The minimum absolute atomic E-state index is 0.286. The van der Waals surface area contributed by atoms with Crippen molar-refractivity contribution in [1.82, 2.24) is 19.9 Å². The molecule has 25 heavy (non-hydrogen) atoms. The lowest BCUT2D eigenvalue weighted by Crippen LogP contribution is -2.44. The van der Waals surface area contributed by atoms with E-state index in [0.29, 0.717) is 31.7 Å². The third-order valence-electron chi connectivity index (χ3n) is 4.64. The Morgan fingerprint density at radius 3 is 3.00 bits per heavy atom. The van der Waals surface area contributed by atoms with Crippen molar-refractivity contribution in [2.24, 2.45) is 5.92 Å². The average molecular weight is 342 g/mol. The second kappa shape index (κ2) is 7.28. The average Bonchev–Trinajstić information content (AvgIpc) is 2.94. The van der Waals surface area contributed by atoms with E-state index in [1.807, 2.05) is 12.1 Å². The predicted molar refractivity (Wildman–Crippen MR) is 92.4 cm³/mol. The molecule has 1 N–H and O–H groups in total. The standard InChI is InChI=1S/C17H22N6O2/c1-3-19-16(20-4-1)21-9-14-8-17(25-10-14)11-23(6-7-24-12-17)15-2-5-18-13-22-15/h1-5,13-14H,6-12H2,(H,19,20,21)/t14-,17+/m1/s1. The highest BCUT2D eigenvalue weighted by Gasteiger charge is 2.43. The van der Waals surface area contributed by atoms with Gasteiger partial charge in [0.25, 0.3) is 0 Å². The third kappa shape index (κ3) is 3.85. The summed E-state index contributed by atoms with van der Waals surface area (Å²) in [6.45, 7) is 4.38. The molecule has 0 amide bonds. The van der Waals surface area contributed by atoms with Gasteiger partial charge in [-0.05, 0) is 18.6 Å². The summed E-state index contributed by atoms with van der Waals surface area (Å²) in [5.41, 5.74) is -0.286. The molecule has 0 aliphatic carbocycles. The first kappa shape index (κ1) is 16.2. The summed E-state index contributed by atoms with van der Waals surface area (Å²) in [6, 6.07) is 3.74. The van der Waals surface area contributed by atoms with Crippen LogP contribution in [0.3, 0.4) is 0 Å². The molecule has 8 nitrogen and oxygen atoms in total. The number of hydrogen-bond donors (Lipinski definition) is 1. The Morgan fingerprint density at radius 1 is 1.24 bits per heavy atom. The van der Waals surface area contributed by atoms with Crippen molar-refractivity contribution in [2.45, 2.75) is 12.0 Å². The first-order valence-electron chi connectivity index (χ1n) is 8.57. The number of aromatic nitrogens is 4. The fraction of sp³-hybridized carbons (Fsp3) is 0.529. The Hall–Kier alpha value is -2.32. The van der Waals surface area contributed by atoms with Gasteiger partial charge in [-0.3, -0.25) is 0 Å². The Balaban J connectivity index is 1.39. The molecule has 1 spiro atoms. The van der Waals surface area contributed by atoms with Crippen molar-refractivity contribution in [3.63, 3.8) is 0 Å². The van der Waals surface area contributed by atoms with Gasteiger partial charge in [0.1, 0.15) is 17.7 Å². The van der Waals surface area contributed by atoms with Crippen LogP contribution in [0.5, 0.6) is 0 Å². The highest BCUT2D eigenvalue weighted by Crippen LogP contribution is 2.33. The van der Waals surface area contributed by atoms with Gasteiger partial charge in [-0.1, -0.05) is 0 Å². The summed E-state index contributed by atoms with van der Waals surface area (Å²) in [7, 11) is 0. The van der Waals surface area contributed by atoms with Gasteiger partial charge in [-0.15, -0.1) is 0 Å². The van der Waals surface area contributed by atoms with Crippen molar-refractivity contribution < 1.29 is 9.47 Å². The first-order valence-corrected chi connectivity index (χ1v) is 8.57. The van der Waals surface area contributed by atoms with Crippen LogP contribution in [0.2, 0.25) is 0 Å². The van der Waals surface area contributed by atoms with E-state index in [9.17, 15) is 0 Å². The van der Waals surface area contributed by atoms with Crippen LogP contribution in [0.25, 0.3) is 0 Å². The maximum atomic E-state index is 6.22. The molecule has 0 unspecified atom stereocenters. The highest BCUT2D eigenvalue weighted by molar-refractivity contribution is 5.37. The van der Waals surface area contributed by atoms with Gasteiger partial charge in [0.05, 0.1) is 26.4 Å². The maximum absolute atomic E-state index is 6.22. The molecule has 0 aromatic carbocycles. The van der Waals surface area contributed by atoms with E-state index in [0.717, 1.165) is 31.9 Å². The topological polar surface area (TPSA) is 85.3 Å². The quantitative estimate of drug-likeness (QED) is 0.880. The summed E-state index contributed by atoms with van der Waals surface area (Å²) in [5.74, 6) is 1.98. The molecule has 2 saturated heterocycles. The predicted octanol–water partition coefficient (Wildman–Crippen LogP) is 0.991. The molecule has 132 valence electrons. The van der Waals surface area contributed by atoms with Crippen molar-refractivity contribution in [3.8, 4) is 0 Å². The Morgan fingerprint density at radius 2 is 2.16 bits per heavy atom. The van der Waals surface area contributed by atoms with Gasteiger partial charge < -0.3 is 19.7 Å². The maximum Gasteiger partial charge on any atom is 0.222 e. The third-order valence-corrected chi connectivity index (χ3v) is 4.64. The molecule has 2 atom stereocenters. The zero-order chi connectivity index (χ0) is 17.0. The molecule has 4 heterocycles. The number of nitrogens with zero attached hydrogens (tertiary/aromatic N) is 5. The van der Waals surface area contributed by atoms with Crippen molar-refractivity contribution in [1.29, 1.82) is 0 Å². The molecule has 2 aliphatic rings. The minimum atomic E-state index is -0.286. The zero-order valence-electron chi connectivity index (χ0n) is 14.0. The summed E-state index contributed by atoms with van der Waals surface area (Å²) in [6.07, 6.45) is 7.76. The largest absolute Gasteiger partial charge is 0.377 e. The fourth-order valence-electron chi connectivity index (χ4n) is 3.48. The van der Waals surface area contributed by atoms with Gasteiger partial charge in [0.15, 0.2) is 0 Å². The van der Waals surface area contributed by atoms with Gasteiger partial charge >= 0.3 is 0 Å². The lowest BCUT2D eigenvalue weighted by atomic mass is 9.94. The molecule has 0 bridgehead atoms. The van der Waals surface area contributed by atoms with E-state index in [1.54, 1.807) is 24.9 Å². The fourth-order valence-corrected chi connectivity index (χ4v) is 3.48. The molecule has 2 fully saturated rings. The summed E-state index contributed by atoms with van der Waals surface area (Å²) in [4.78, 5) is 19.0. The number of ether oxygens (including phenoxy) is 2. The Labute approximate surface area is 146 Å². The summed E-state index contributed by atoms with van der Waals surface area (Å²) < 4.78 is 12.1. The Kier molecular flexibility index (Phi) is 4.71. The first-order chi connectivity index (χ1) is 12.3. The lowest BCUT2D eigenvalue weighted by molar-refractivity contribution is -0.0457. The van der Waals surface area contributed by atoms with Gasteiger partial charge in [0.2, 0.25) is 5.95 Å². The monoisotopic (exact) mass is 342 g/mol. The number of hydrogen-bond acceptors (Lipinski definition) is 8. The normalized spacial score (nSPS) is 26.6. The number of rotatable bonds is 4. The Bertz CT molecular complexity index is 673. The molecule has 0 saturated carbocycles. The van der Waals surface area contributed by atoms with Crippen molar-refractivity contribution in [3.05, 3.63) is 37.1 Å². The van der Waals surface area contributed by atoms with E-state index in [1.165, 1.54) is 0 Å². The van der Waals surface area contributed by atoms with Crippen LogP contribution < -0.4 is 10.2 Å². The van der Waals surface area contributed by atoms with Crippen LogP contribution in [0.4, 0.5) is 11.8 Å². The van der Waals surface area contributed by atoms with Crippen LogP contribution in [-0.2, 0) is 9.47 Å². The minimum Gasteiger partial charge on any atom is -0.377 e. The molecule has 0 radical (unpaired) electrons. The number of anilines is 2. The second-order valence-corrected chi connectivity index (χ2v) is 6.56. The highest BCUT2D eigenvalue weighted by atomic mass is 16.5. The summed E-state index contributed by atoms with van der Waals surface area (Å²) in [5, 5.41) is 3.29. The van der Waals surface area contributed by atoms with Gasteiger partial charge in [0, 0.05) is 37.6 Å². The molecule has 4 rings (SSSR count). The van der Waals surface area contributed by atoms with E-state index < -0.39 is 0 Å². The van der Waals surface area contributed by atoms with E-state index in [4.69, 9.17) is 9.47 Å². The molecule has 2 aromatic heterocycles. The smallest absolute Gasteiger partial charge is 0.222 e. The summed E-state index contributed by atoms with van der Waals surface area (Å²) >= 11 is 0. The van der Waals surface area contributed by atoms with Crippen molar-refractivity contribution in [2.75, 3.05) is 49.7 Å². The SMILES string of the molecule is c1cnc(NC[C@@H]2CO[C@@]3(COCCN(c4ccncn4)C3)C2)nc1. The van der Waals surface area contributed by atoms with Crippen molar-refractivity contribution >= 4 is 11.8 Å². The van der Waals surface area contributed by atoms with Crippen LogP contribution in [-0.4, -0.2) is 65.0 Å². The molecule has 2 aliphatic heterocycles. The second-order valence-electron chi connectivity index (χ2n) is 6.56. The molecule has 2 aromatic rings. The van der Waals surface area contributed by atoms with E-state index in [2.05, 4.69) is 30.2 Å². The number of nitrogens with one attached hydrogen (secondary N) is 1. The lowest BCUT2D eigenvalue weighted by Gasteiger charge is -2.31. The van der Waals surface area contributed by atoms with Gasteiger partial charge in [-0.25, -0.2) is 19.9 Å². The zero-order valence-corrected chi connectivity index (χ0v) is 14.0. The van der Waals surface area contributed by atoms with Gasteiger partial charge in [-0.2, -0.15) is 0 Å². The van der Waals surface area contributed by atoms with Crippen LogP contribution in [0, 0.1) is 5.92 Å². The van der Waals surface area contributed by atoms with E-state index in [-0.39, 0.29) is 5.60 Å².